The molecule has 1 fully saturated rings. The molecule has 88 valence electrons. The van der Waals surface area contributed by atoms with Crippen molar-refractivity contribution in [2.75, 3.05) is 27.7 Å². The Labute approximate surface area is 91.9 Å². The fourth-order valence-corrected chi connectivity index (χ4v) is 2.08. The predicted octanol–water partition coefficient (Wildman–Crippen LogP) is 0.310. The van der Waals surface area contributed by atoms with Gasteiger partial charge in [-0.15, -0.1) is 0 Å². The van der Waals surface area contributed by atoms with Crippen molar-refractivity contribution < 1.29 is 9.90 Å². The largest absolute Gasteiger partial charge is 0.391 e. The summed E-state index contributed by atoms with van der Waals surface area (Å²) in [6, 6.07) is 0.155. The van der Waals surface area contributed by atoms with Crippen molar-refractivity contribution in [3.8, 4) is 0 Å². The summed E-state index contributed by atoms with van der Waals surface area (Å²) in [5.74, 6) is 0.0928. The summed E-state index contributed by atoms with van der Waals surface area (Å²) in [5, 5.41) is 9.82. The van der Waals surface area contributed by atoms with E-state index in [4.69, 9.17) is 0 Å². The third kappa shape index (κ3) is 3.47. The first-order chi connectivity index (χ1) is 7.02. The van der Waals surface area contributed by atoms with E-state index in [1.807, 2.05) is 11.9 Å². The fraction of sp³-hybridized carbons (Fsp3) is 0.909. The molecule has 1 saturated carbocycles. The molecule has 2 unspecified atom stereocenters. The van der Waals surface area contributed by atoms with Crippen molar-refractivity contribution >= 4 is 5.91 Å². The molecule has 0 aromatic heterocycles. The highest BCUT2D eigenvalue weighted by Crippen LogP contribution is 2.22. The zero-order valence-electron chi connectivity index (χ0n) is 9.94. The molecule has 4 heteroatoms. The Bertz CT molecular complexity index is 219. The van der Waals surface area contributed by atoms with Crippen molar-refractivity contribution in [2.24, 2.45) is 0 Å². The third-order valence-electron chi connectivity index (χ3n) is 3.14. The van der Waals surface area contributed by atoms with Crippen LogP contribution in [0.1, 0.15) is 25.7 Å². The topological polar surface area (TPSA) is 43.8 Å². The maximum atomic E-state index is 11.5. The Kier molecular flexibility index (Phi) is 4.54. The summed E-state index contributed by atoms with van der Waals surface area (Å²) in [7, 11) is 5.43. The lowest BCUT2D eigenvalue weighted by Crippen LogP contribution is -2.47. The zero-order valence-corrected chi connectivity index (χ0v) is 9.94. The summed E-state index contributed by atoms with van der Waals surface area (Å²) >= 11 is 0. The molecule has 1 N–H and O–H groups in total. The van der Waals surface area contributed by atoms with E-state index in [0.717, 1.165) is 25.7 Å². The Hall–Kier alpha value is -0.610. The van der Waals surface area contributed by atoms with Crippen LogP contribution in [0.15, 0.2) is 0 Å². The molecule has 1 aliphatic rings. The summed E-state index contributed by atoms with van der Waals surface area (Å²) in [6.07, 6.45) is 3.86. The highest BCUT2D eigenvalue weighted by Gasteiger charge is 2.27. The Morgan fingerprint density at radius 2 is 1.87 bits per heavy atom. The van der Waals surface area contributed by atoms with Gasteiger partial charge in [0.1, 0.15) is 0 Å². The number of carbonyl (C=O) groups is 1. The molecule has 0 radical (unpaired) electrons. The van der Waals surface area contributed by atoms with Crippen LogP contribution in [-0.2, 0) is 4.79 Å². The number of aliphatic hydroxyl groups excluding tert-OH is 1. The molecule has 0 bridgehead atoms. The lowest BCUT2D eigenvalue weighted by Gasteiger charge is -2.35. The van der Waals surface area contributed by atoms with Gasteiger partial charge in [0.2, 0.25) is 5.91 Å². The zero-order chi connectivity index (χ0) is 11.4. The number of aliphatic hydroxyl groups is 1. The van der Waals surface area contributed by atoms with Crippen LogP contribution >= 0.6 is 0 Å². The monoisotopic (exact) mass is 214 g/mol. The van der Waals surface area contributed by atoms with E-state index < -0.39 is 0 Å². The van der Waals surface area contributed by atoms with E-state index in [2.05, 4.69) is 0 Å². The van der Waals surface area contributed by atoms with Crippen LogP contribution in [0.2, 0.25) is 0 Å². The molecule has 1 aliphatic carbocycles. The van der Waals surface area contributed by atoms with Gasteiger partial charge in [0.05, 0.1) is 12.6 Å². The third-order valence-corrected chi connectivity index (χ3v) is 3.14. The van der Waals surface area contributed by atoms with Crippen molar-refractivity contribution in [1.29, 1.82) is 0 Å². The van der Waals surface area contributed by atoms with Gasteiger partial charge in [-0.05, 0) is 19.9 Å². The second kappa shape index (κ2) is 5.47. The molecule has 15 heavy (non-hydrogen) atoms. The number of hydrogen-bond donors (Lipinski definition) is 1. The van der Waals surface area contributed by atoms with Gasteiger partial charge in [-0.1, -0.05) is 12.8 Å². The molecule has 2 atom stereocenters. The molecular formula is C11H22N2O2. The Morgan fingerprint density at radius 3 is 2.40 bits per heavy atom. The van der Waals surface area contributed by atoms with Crippen LogP contribution in [0.25, 0.3) is 0 Å². The molecule has 0 spiro atoms. The molecular weight excluding hydrogens is 192 g/mol. The molecule has 0 aliphatic heterocycles. The summed E-state index contributed by atoms with van der Waals surface area (Å²) in [6.45, 7) is 0.398. The minimum Gasteiger partial charge on any atom is -0.391 e. The van der Waals surface area contributed by atoms with Gasteiger partial charge in [-0.3, -0.25) is 9.69 Å². The lowest BCUT2D eigenvalue weighted by atomic mass is 9.91. The second-order valence-electron chi connectivity index (χ2n) is 4.62. The quantitative estimate of drug-likeness (QED) is 0.735. The van der Waals surface area contributed by atoms with Gasteiger partial charge in [-0.25, -0.2) is 0 Å². The first-order valence-corrected chi connectivity index (χ1v) is 5.61. The van der Waals surface area contributed by atoms with Crippen molar-refractivity contribution in [3.05, 3.63) is 0 Å². The highest BCUT2D eigenvalue weighted by atomic mass is 16.3. The van der Waals surface area contributed by atoms with Gasteiger partial charge in [0, 0.05) is 20.1 Å². The van der Waals surface area contributed by atoms with Crippen LogP contribution in [0.5, 0.6) is 0 Å². The fourth-order valence-electron chi connectivity index (χ4n) is 2.08. The highest BCUT2D eigenvalue weighted by molar-refractivity contribution is 5.77. The first kappa shape index (κ1) is 12.5. The average molecular weight is 214 g/mol. The second-order valence-corrected chi connectivity index (χ2v) is 4.62. The summed E-state index contributed by atoms with van der Waals surface area (Å²) in [5.41, 5.74) is 0. The Balaban J connectivity index is 2.44. The van der Waals surface area contributed by atoms with Crippen molar-refractivity contribution in [1.82, 2.24) is 9.80 Å². The van der Waals surface area contributed by atoms with Gasteiger partial charge in [-0.2, -0.15) is 0 Å². The van der Waals surface area contributed by atoms with Crippen LogP contribution in [0.3, 0.4) is 0 Å². The van der Waals surface area contributed by atoms with E-state index in [1.165, 1.54) is 0 Å². The molecule has 0 aromatic carbocycles. The SMILES string of the molecule is CN(C)C(=O)CN(C)C1CCCCC1O. The molecule has 4 nitrogen and oxygen atoms in total. The minimum absolute atomic E-state index is 0.0928. The lowest BCUT2D eigenvalue weighted by molar-refractivity contribution is -0.130. The number of rotatable bonds is 3. The van der Waals surface area contributed by atoms with Gasteiger partial charge < -0.3 is 10.0 Å². The summed E-state index contributed by atoms with van der Waals surface area (Å²) < 4.78 is 0. The Morgan fingerprint density at radius 1 is 1.27 bits per heavy atom. The molecule has 0 aromatic rings. The molecule has 0 heterocycles. The standard InChI is InChI=1S/C11H22N2O2/c1-12(2)11(15)8-13(3)9-6-4-5-7-10(9)14/h9-10,14H,4-8H2,1-3H3. The average Bonchev–Trinajstić information content (AvgIpc) is 2.18. The molecule has 1 rings (SSSR count). The maximum Gasteiger partial charge on any atom is 0.236 e. The van der Waals surface area contributed by atoms with E-state index in [1.54, 1.807) is 19.0 Å². The number of amides is 1. The maximum absolute atomic E-state index is 11.5. The van der Waals surface area contributed by atoms with E-state index in [-0.39, 0.29) is 18.1 Å². The number of carbonyl (C=O) groups excluding carboxylic acids is 1. The first-order valence-electron chi connectivity index (χ1n) is 5.61. The predicted molar refractivity (Wildman–Crippen MR) is 59.6 cm³/mol. The number of hydrogen-bond acceptors (Lipinski definition) is 3. The number of nitrogens with zero attached hydrogens (tertiary/aromatic N) is 2. The van der Waals surface area contributed by atoms with Crippen LogP contribution in [0, 0.1) is 0 Å². The number of likely N-dealkylation sites (N-methyl/N-ethyl adjacent to an activating group) is 2. The minimum atomic E-state index is -0.265. The van der Waals surface area contributed by atoms with Gasteiger partial charge >= 0.3 is 0 Å². The van der Waals surface area contributed by atoms with E-state index >= 15 is 0 Å². The van der Waals surface area contributed by atoms with E-state index in [0.29, 0.717) is 6.54 Å². The van der Waals surface area contributed by atoms with Gasteiger partial charge in [0.15, 0.2) is 0 Å². The van der Waals surface area contributed by atoms with Crippen LogP contribution in [0.4, 0.5) is 0 Å². The normalized spacial score (nSPS) is 26.7. The summed E-state index contributed by atoms with van der Waals surface area (Å²) in [4.78, 5) is 15.1. The van der Waals surface area contributed by atoms with Crippen LogP contribution < -0.4 is 0 Å². The van der Waals surface area contributed by atoms with Crippen LogP contribution in [-0.4, -0.2) is 60.6 Å². The van der Waals surface area contributed by atoms with Crippen molar-refractivity contribution in [2.45, 2.75) is 37.8 Å². The molecule has 1 amide bonds. The van der Waals surface area contributed by atoms with Gasteiger partial charge in [0.25, 0.3) is 0 Å². The smallest absolute Gasteiger partial charge is 0.236 e. The van der Waals surface area contributed by atoms with Crippen molar-refractivity contribution in [3.63, 3.8) is 0 Å². The molecule has 0 saturated heterocycles. The van der Waals surface area contributed by atoms with E-state index in [9.17, 15) is 9.90 Å².